The largest absolute Gasteiger partial charge is 0.478 e. The van der Waals surface area contributed by atoms with E-state index in [4.69, 9.17) is 0 Å². The molecule has 1 amide bonds. The van der Waals surface area contributed by atoms with Crippen LogP contribution in [0.2, 0.25) is 0 Å². The third-order valence-corrected chi connectivity index (χ3v) is 7.61. The lowest BCUT2D eigenvalue weighted by Gasteiger charge is -2.26. The Morgan fingerprint density at radius 1 is 0.889 bits per heavy atom. The highest BCUT2D eigenvalue weighted by Gasteiger charge is 2.21. The zero-order valence-electron chi connectivity index (χ0n) is 20.8. The van der Waals surface area contributed by atoms with E-state index in [1.807, 2.05) is 57.2 Å². The van der Waals surface area contributed by atoms with E-state index in [9.17, 15) is 23.1 Å². The van der Waals surface area contributed by atoms with Crippen LogP contribution in [0.5, 0.6) is 0 Å². The molecule has 1 aliphatic heterocycles. The highest BCUT2D eigenvalue weighted by molar-refractivity contribution is 7.91. The van der Waals surface area contributed by atoms with Gasteiger partial charge in [0.25, 0.3) is 5.91 Å². The number of nitrogens with one attached hydrogen (secondary N) is 1. The SMILES string of the molecule is CC.Cc1ccc(C(=O)O)cc1-c1ccc(C(=O)Nc2ccc(CN3CCS(=O)(=O)CC3)cc2)cc1. The van der Waals surface area contributed by atoms with Crippen molar-refractivity contribution in [3.63, 3.8) is 0 Å². The summed E-state index contributed by atoms with van der Waals surface area (Å²) in [4.78, 5) is 26.1. The number of anilines is 1. The van der Waals surface area contributed by atoms with Crippen LogP contribution in [-0.2, 0) is 16.4 Å². The molecule has 3 aromatic rings. The topological polar surface area (TPSA) is 104 Å². The van der Waals surface area contributed by atoms with E-state index in [-0.39, 0.29) is 23.0 Å². The summed E-state index contributed by atoms with van der Waals surface area (Å²) >= 11 is 0. The zero-order chi connectivity index (χ0) is 26.3. The van der Waals surface area contributed by atoms with Gasteiger partial charge in [-0.15, -0.1) is 0 Å². The van der Waals surface area contributed by atoms with Gasteiger partial charge in [-0.1, -0.05) is 44.2 Å². The molecule has 1 fully saturated rings. The summed E-state index contributed by atoms with van der Waals surface area (Å²) in [5.41, 5.74) is 5.05. The minimum absolute atomic E-state index is 0.199. The van der Waals surface area contributed by atoms with Gasteiger partial charge in [0.15, 0.2) is 9.84 Å². The number of sulfone groups is 1. The van der Waals surface area contributed by atoms with Crippen molar-refractivity contribution in [3.05, 3.63) is 89.0 Å². The van der Waals surface area contributed by atoms with Crippen molar-refractivity contribution >= 4 is 27.4 Å². The van der Waals surface area contributed by atoms with Gasteiger partial charge in [-0.25, -0.2) is 13.2 Å². The predicted octanol–water partition coefficient (Wildman–Crippen LogP) is 4.87. The first-order valence-electron chi connectivity index (χ1n) is 12.0. The smallest absolute Gasteiger partial charge is 0.335 e. The monoisotopic (exact) mass is 508 g/mol. The molecule has 0 spiro atoms. The first kappa shape index (κ1) is 27.1. The average molecular weight is 509 g/mol. The van der Waals surface area contributed by atoms with Crippen LogP contribution in [0.4, 0.5) is 5.69 Å². The summed E-state index contributed by atoms with van der Waals surface area (Å²) < 4.78 is 23.1. The molecule has 0 atom stereocenters. The summed E-state index contributed by atoms with van der Waals surface area (Å²) in [6, 6.07) is 19.6. The fraction of sp³-hybridized carbons (Fsp3) is 0.286. The van der Waals surface area contributed by atoms with Crippen molar-refractivity contribution in [1.82, 2.24) is 4.90 Å². The van der Waals surface area contributed by atoms with Crippen LogP contribution in [-0.4, -0.2) is 54.9 Å². The Hall–Kier alpha value is -3.49. The highest BCUT2D eigenvalue weighted by Crippen LogP contribution is 2.25. The van der Waals surface area contributed by atoms with Crippen LogP contribution in [0, 0.1) is 6.92 Å². The molecule has 0 bridgehead atoms. The molecule has 0 unspecified atom stereocenters. The third-order valence-electron chi connectivity index (χ3n) is 6.00. The molecule has 4 rings (SSSR count). The average Bonchev–Trinajstić information content (AvgIpc) is 2.88. The van der Waals surface area contributed by atoms with E-state index in [1.54, 1.807) is 30.3 Å². The van der Waals surface area contributed by atoms with E-state index in [1.165, 1.54) is 0 Å². The first-order chi connectivity index (χ1) is 17.2. The third kappa shape index (κ3) is 7.02. The second-order valence-corrected chi connectivity index (χ2v) is 10.8. The van der Waals surface area contributed by atoms with Gasteiger partial charge in [-0.2, -0.15) is 0 Å². The Bertz CT molecular complexity index is 1300. The zero-order valence-corrected chi connectivity index (χ0v) is 21.6. The summed E-state index contributed by atoms with van der Waals surface area (Å²) in [6.45, 7) is 7.67. The number of hydrogen-bond donors (Lipinski definition) is 2. The molecular formula is C28H32N2O5S. The van der Waals surface area contributed by atoms with Gasteiger partial charge in [-0.05, 0) is 65.6 Å². The van der Waals surface area contributed by atoms with Crippen molar-refractivity contribution in [2.45, 2.75) is 27.3 Å². The standard InChI is InChI=1S/C26H26N2O5S.C2H6/c1-18-2-5-22(26(30)31)16-24(18)20-6-8-21(9-7-20)25(29)27-23-10-3-19(4-11-23)17-28-12-14-34(32,33)15-13-28;1-2/h2-11,16H,12-15,17H2,1H3,(H,27,29)(H,30,31);1-2H3. The van der Waals surface area contributed by atoms with Crippen LogP contribution in [0.15, 0.2) is 66.7 Å². The fourth-order valence-electron chi connectivity index (χ4n) is 3.93. The molecule has 3 aromatic carbocycles. The molecule has 2 N–H and O–H groups in total. The van der Waals surface area contributed by atoms with Crippen molar-refractivity contribution in [2.24, 2.45) is 0 Å². The molecule has 1 saturated heterocycles. The van der Waals surface area contributed by atoms with E-state index >= 15 is 0 Å². The Labute approximate surface area is 212 Å². The lowest BCUT2D eigenvalue weighted by atomic mass is 9.97. The molecule has 1 heterocycles. The quantitative estimate of drug-likeness (QED) is 0.492. The van der Waals surface area contributed by atoms with Gasteiger partial charge in [0.05, 0.1) is 17.1 Å². The number of benzene rings is 3. The molecule has 0 aromatic heterocycles. The number of carboxylic acid groups (broad SMARTS) is 1. The van der Waals surface area contributed by atoms with E-state index in [0.717, 1.165) is 22.3 Å². The van der Waals surface area contributed by atoms with Gasteiger partial charge in [-0.3, -0.25) is 9.69 Å². The summed E-state index contributed by atoms with van der Waals surface area (Å²) in [6.07, 6.45) is 0. The number of amides is 1. The van der Waals surface area contributed by atoms with Crippen molar-refractivity contribution < 1.29 is 23.1 Å². The number of nitrogens with zero attached hydrogens (tertiary/aromatic N) is 1. The maximum atomic E-state index is 12.7. The second-order valence-electron chi connectivity index (χ2n) is 8.49. The normalized spacial score (nSPS) is 14.9. The molecule has 1 aliphatic rings. The summed E-state index contributed by atoms with van der Waals surface area (Å²) in [7, 11) is -2.89. The van der Waals surface area contributed by atoms with Crippen molar-refractivity contribution in [2.75, 3.05) is 29.9 Å². The second kappa shape index (κ2) is 12.0. The lowest BCUT2D eigenvalue weighted by molar-refractivity contribution is 0.0696. The van der Waals surface area contributed by atoms with Gasteiger partial charge in [0.1, 0.15) is 0 Å². The number of hydrogen-bond acceptors (Lipinski definition) is 5. The van der Waals surface area contributed by atoms with Gasteiger partial charge in [0, 0.05) is 30.9 Å². The maximum absolute atomic E-state index is 12.7. The highest BCUT2D eigenvalue weighted by atomic mass is 32.2. The number of aryl methyl sites for hydroxylation is 1. The Morgan fingerprint density at radius 2 is 1.47 bits per heavy atom. The number of carboxylic acids is 1. The van der Waals surface area contributed by atoms with E-state index in [2.05, 4.69) is 10.2 Å². The van der Waals surface area contributed by atoms with Crippen LogP contribution in [0.3, 0.4) is 0 Å². The molecular weight excluding hydrogens is 476 g/mol. The molecule has 36 heavy (non-hydrogen) atoms. The predicted molar refractivity (Wildman–Crippen MR) is 143 cm³/mol. The molecule has 0 aliphatic carbocycles. The molecule has 0 saturated carbocycles. The number of aromatic carboxylic acids is 1. The summed E-state index contributed by atoms with van der Waals surface area (Å²) in [5.74, 6) is -0.821. The first-order valence-corrected chi connectivity index (χ1v) is 13.8. The summed E-state index contributed by atoms with van der Waals surface area (Å²) in [5, 5.41) is 12.1. The van der Waals surface area contributed by atoms with Crippen molar-refractivity contribution in [3.8, 4) is 11.1 Å². The minimum atomic E-state index is -2.89. The Balaban J connectivity index is 0.00000176. The fourth-order valence-corrected chi connectivity index (χ4v) is 5.21. The van der Waals surface area contributed by atoms with Crippen LogP contribution in [0.25, 0.3) is 11.1 Å². The maximum Gasteiger partial charge on any atom is 0.335 e. The molecule has 190 valence electrons. The van der Waals surface area contributed by atoms with Gasteiger partial charge < -0.3 is 10.4 Å². The van der Waals surface area contributed by atoms with Crippen LogP contribution < -0.4 is 5.32 Å². The Kier molecular flexibility index (Phi) is 9.01. The number of carbonyl (C=O) groups is 2. The van der Waals surface area contributed by atoms with Gasteiger partial charge >= 0.3 is 5.97 Å². The van der Waals surface area contributed by atoms with Crippen LogP contribution >= 0.6 is 0 Å². The number of rotatable bonds is 6. The van der Waals surface area contributed by atoms with E-state index < -0.39 is 15.8 Å². The van der Waals surface area contributed by atoms with E-state index in [0.29, 0.717) is 30.9 Å². The lowest BCUT2D eigenvalue weighted by Crippen LogP contribution is -2.39. The molecule has 8 heteroatoms. The minimum Gasteiger partial charge on any atom is -0.478 e. The van der Waals surface area contributed by atoms with Crippen molar-refractivity contribution in [1.29, 1.82) is 0 Å². The molecule has 0 radical (unpaired) electrons. The van der Waals surface area contributed by atoms with Crippen LogP contribution in [0.1, 0.15) is 45.7 Å². The number of carbonyl (C=O) groups excluding carboxylic acids is 1. The van der Waals surface area contributed by atoms with Gasteiger partial charge in [0.2, 0.25) is 0 Å². The molecule has 7 nitrogen and oxygen atoms in total. The Morgan fingerprint density at radius 3 is 2.06 bits per heavy atom.